The average Bonchev–Trinajstić information content (AvgIpc) is 2.98. The van der Waals surface area contributed by atoms with E-state index in [9.17, 15) is 14.7 Å². The SMILES string of the molecule is CC(CNC(=O)N1CCCC(C)(C(=O)O)C1)c1nccs1. The molecule has 7 heteroatoms. The molecule has 2 amide bonds. The van der Waals surface area contributed by atoms with Gasteiger partial charge >= 0.3 is 12.0 Å². The van der Waals surface area contributed by atoms with Crippen molar-refractivity contribution in [2.24, 2.45) is 5.41 Å². The third kappa shape index (κ3) is 3.72. The molecule has 116 valence electrons. The Hall–Kier alpha value is -1.63. The molecule has 2 atom stereocenters. The number of aliphatic carboxylic acids is 1. The van der Waals surface area contributed by atoms with Crippen LogP contribution >= 0.6 is 11.3 Å². The molecule has 0 aliphatic carbocycles. The largest absolute Gasteiger partial charge is 0.481 e. The average molecular weight is 311 g/mol. The number of carbonyl (C=O) groups excluding carboxylic acids is 1. The fourth-order valence-electron chi connectivity index (χ4n) is 2.50. The van der Waals surface area contributed by atoms with E-state index in [0.717, 1.165) is 11.4 Å². The van der Waals surface area contributed by atoms with Gasteiger partial charge in [-0.3, -0.25) is 4.79 Å². The molecule has 1 aromatic rings. The second-order valence-electron chi connectivity index (χ2n) is 5.85. The topological polar surface area (TPSA) is 82.5 Å². The van der Waals surface area contributed by atoms with Crippen LogP contribution in [-0.2, 0) is 4.79 Å². The lowest BCUT2D eigenvalue weighted by Crippen LogP contribution is -2.51. The zero-order valence-electron chi connectivity index (χ0n) is 12.3. The van der Waals surface area contributed by atoms with Crippen LogP contribution in [0.15, 0.2) is 11.6 Å². The molecule has 1 fully saturated rings. The van der Waals surface area contributed by atoms with Crippen molar-refractivity contribution in [3.63, 3.8) is 0 Å². The third-order valence-corrected chi connectivity index (χ3v) is 4.94. The highest BCUT2D eigenvalue weighted by Crippen LogP contribution is 2.29. The van der Waals surface area contributed by atoms with Gasteiger partial charge in [0.1, 0.15) is 0 Å². The van der Waals surface area contributed by atoms with E-state index in [-0.39, 0.29) is 18.5 Å². The molecule has 1 aliphatic rings. The Bertz CT molecular complexity index is 506. The number of carboxylic acid groups (broad SMARTS) is 1. The predicted molar refractivity (Wildman–Crippen MR) is 80.5 cm³/mol. The monoisotopic (exact) mass is 311 g/mol. The minimum atomic E-state index is -0.837. The molecule has 6 nitrogen and oxygen atoms in total. The zero-order valence-corrected chi connectivity index (χ0v) is 13.2. The molecule has 1 aliphatic heterocycles. The predicted octanol–water partition coefficient (Wildman–Crippen LogP) is 2.14. The summed E-state index contributed by atoms with van der Waals surface area (Å²) < 4.78 is 0. The Morgan fingerprint density at radius 3 is 3.00 bits per heavy atom. The van der Waals surface area contributed by atoms with Crippen molar-refractivity contribution < 1.29 is 14.7 Å². The van der Waals surface area contributed by atoms with Gasteiger partial charge in [-0.05, 0) is 19.8 Å². The van der Waals surface area contributed by atoms with Crippen LogP contribution in [-0.4, -0.2) is 46.6 Å². The Balaban J connectivity index is 1.87. The summed E-state index contributed by atoms with van der Waals surface area (Å²) in [6, 6.07) is -0.189. The van der Waals surface area contributed by atoms with Gasteiger partial charge in [0.2, 0.25) is 0 Å². The summed E-state index contributed by atoms with van der Waals surface area (Å²) >= 11 is 1.57. The minimum Gasteiger partial charge on any atom is -0.481 e. The van der Waals surface area contributed by atoms with E-state index < -0.39 is 11.4 Å². The van der Waals surface area contributed by atoms with Gasteiger partial charge in [-0.25, -0.2) is 9.78 Å². The summed E-state index contributed by atoms with van der Waals surface area (Å²) in [6.45, 7) is 5.09. The van der Waals surface area contributed by atoms with Crippen LogP contribution in [0.25, 0.3) is 0 Å². The summed E-state index contributed by atoms with van der Waals surface area (Å²) in [7, 11) is 0. The fourth-order valence-corrected chi connectivity index (χ4v) is 3.20. The standard InChI is InChI=1S/C14H21N3O3S/c1-10(11-15-5-7-21-11)8-16-13(20)17-6-3-4-14(2,9-17)12(18)19/h5,7,10H,3-4,6,8-9H2,1-2H3,(H,16,20)(H,18,19). The molecular weight excluding hydrogens is 290 g/mol. The number of nitrogens with zero attached hydrogens (tertiary/aromatic N) is 2. The highest BCUT2D eigenvalue weighted by atomic mass is 32.1. The summed E-state index contributed by atoms with van der Waals surface area (Å²) in [5.74, 6) is -0.680. The molecule has 1 aromatic heterocycles. The van der Waals surface area contributed by atoms with Crippen molar-refractivity contribution in [2.75, 3.05) is 19.6 Å². The molecule has 1 saturated heterocycles. The molecular formula is C14H21N3O3S. The van der Waals surface area contributed by atoms with Crippen molar-refractivity contribution in [3.05, 3.63) is 16.6 Å². The van der Waals surface area contributed by atoms with Crippen LogP contribution in [0, 0.1) is 5.41 Å². The van der Waals surface area contributed by atoms with Gasteiger partial charge in [0.15, 0.2) is 0 Å². The van der Waals surface area contributed by atoms with Gasteiger partial charge in [0.05, 0.1) is 10.4 Å². The molecule has 0 bridgehead atoms. The summed E-state index contributed by atoms with van der Waals surface area (Å²) in [5, 5.41) is 15.1. The molecule has 2 N–H and O–H groups in total. The lowest BCUT2D eigenvalue weighted by atomic mass is 9.82. The van der Waals surface area contributed by atoms with Crippen molar-refractivity contribution in [3.8, 4) is 0 Å². The Kier molecular flexibility index (Phi) is 4.82. The van der Waals surface area contributed by atoms with Gasteiger partial charge < -0.3 is 15.3 Å². The number of urea groups is 1. The van der Waals surface area contributed by atoms with Crippen LogP contribution in [0.5, 0.6) is 0 Å². The Morgan fingerprint density at radius 2 is 2.38 bits per heavy atom. The summed E-state index contributed by atoms with van der Waals surface area (Å²) in [6.07, 6.45) is 3.08. The van der Waals surface area contributed by atoms with E-state index in [4.69, 9.17) is 0 Å². The van der Waals surface area contributed by atoms with Gasteiger partial charge in [-0.15, -0.1) is 11.3 Å². The van der Waals surface area contributed by atoms with E-state index in [1.165, 1.54) is 0 Å². The summed E-state index contributed by atoms with van der Waals surface area (Å²) in [5.41, 5.74) is -0.837. The molecule has 0 spiro atoms. The minimum absolute atomic E-state index is 0.157. The van der Waals surface area contributed by atoms with E-state index in [1.807, 2.05) is 12.3 Å². The maximum atomic E-state index is 12.2. The number of nitrogens with one attached hydrogen (secondary N) is 1. The second kappa shape index (κ2) is 6.43. The number of aromatic nitrogens is 1. The van der Waals surface area contributed by atoms with Crippen LogP contribution in [0.3, 0.4) is 0 Å². The number of piperidine rings is 1. The van der Waals surface area contributed by atoms with Crippen LogP contribution in [0.1, 0.15) is 37.6 Å². The Labute approximate surface area is 128 Å². The summed E-state index contributed by atoms with van der Waals surface area (Å²) in [4.78, 5) is 29.3. The lowest BCUT2D eigenvalue weighted by Gasteiger charge is -2.37. The molecule has 0 radical (unpaired) electrons. The van der Waals surface area contributed by atoms with E-state index >= 15 is 0 Å². The second-order valence-corrected chi connectivity index (χ2v) is 6.77. The van der Waals surface area contributed by atoms with Crippen molar-refractivity contribution in [1.82, 2.24) is 15.2 Å². The van der Waals surface area contributed by atoms with Crippen molar-refractivity contribution >= 4 is 23.3 Å². The van der Waals surface area contributed by atoms with Crippen LogP contribution in [0.4, 0.5) is 4.79 Å². The molecule has 2 heterocycles. The van der Waals surface area contributed by atoms with Crippen LogP contribution in [0.2, 0.25) is 0 Å². The van der Waals surface area contributed by atoms with E-state index in [2.05, 4.69) is 10.3 Å². The maximum absolute atomic E-state index is 12.2. The van der Waals surface area contributed by atoms with Gasteiger partial charge in [-0.2, -0.15) is 0 Å². The molecule has 0 aromatic carbocycles. The zero-order chi connectivity index (χ0) is 15.5. The van der Waals surface area contributed by atoms with Crippen molar-refractivity contribution in [2.45, 2.75) is 32.6 Å². The highest BCUT2D eigenvalue weighted by molar-refractivity contribution is 7.09. The smallest absolute Gasteiger partial charge is 0.317 e. The van der Waals surface area contributed by atoms with E-state index in [1.54, 1.807) is 29.4 Å². The Morgan fingerprint density at radius 1 is 1.62 bits per heavy atom. The number of amides is 2. The van der Waals surface area contributed by atoms with Gasteiger partial charge in [0.25, 0.3) is 0 Å². The van der Waals surface area contributed by atoms with Crippen LogP contribution < -0.4 is 5.32 Å². The number of rotatable bonds is 4. The highest BCUT2D eigenvalue weighted by Gasteiger charge is 2.39. The molecule has 2 unspecified atom stereocenters. The number of hydrogen-bond acceptors (Lipinski definition) is 4. The first-order valence-electron chi connectivity index (χ1n) is 7.08. The fraction of sp³-hybridized carbons (Fsp3) is 0.643. The maximum Gasteiger partial charge on any atom is 0.317 e. The molecule has 2 rings (SSSR count). The number of hydrogen-bond donors (Lipinski definition) is 2. The number of carbonyl (C=O) groups is 2. The number of thiazole rings is 1. The normalized spacial score (nSPS) is 23.6. The van der Waals surface area contributed by atoms with E-state index in [0.29, 0.717) is 19.5 Å². The van der Waals surface area contributed by atoms with Gasteiger partial charge in [0, 0.05) is 37.1 Å². The number of likely N-dealkylation sites (tertiary alicyclic amines) is 1. The van der Waals surface area contributed by atoms with Crippen molar-refractivity contribution in [1.29, 1.82) is 0 Å². The lowest BCUT2D eigenvalue weighted by molar-refractivity contribution is -0.150. The molecule has 21 heavy (non-hydrogen) atoms. The molecule has 0 saturated carbocycles. The first-order chi connectivity index (χ1) is 9.92. The first-order valence-corrected chi connectivity index (χ1v) is 7.96. The number of carboxylic acids is 1. The first kappa shape index (κ1) is 15.8. The quantitative estimate of drug-likeness (QED) is 0.892. The van der Waals surface area contributed by atoms with Gasteiger partial charge in [-0.1, -0.05) is 6.92 Å². The third-order valence-electron chi connectivity index (χ3n) is 3.93.